The van der Waals surface area contributed by atoms with Gasteiger partial charge >= 0.3 is 0 Å². The SMILES string of the molecule is C=CC(=O)N1CCC[C@@H](n2nc([C@@H]3CCc4ccccc4C3)c(C(N)=O)c2N)C1. The second-order valence-corrected chi connectivity index (χ2v) is 7.95. The molecule has 29 heavy (non-hydrogen) atoms. The summed E-state index contributed by atoms with van der Waals surface area (Å²) < 4.78 is 1.72. The van der Waals surface area contributed by atoms with Gasteiger partial charge in [-0.15, -0.1) is 0 Å². The van der Waals surface area contributed by atoms with Gasteiger partial charge in [-0.25, -0.2) is 4.68 Å². The van der Waals surface area contributed by atoms with Crippen LogP contribution in [0.25, 0.3) is 0 Å². The molecule has 0 bridgehead atoms. The van der Waals surface area contributed by atoms with Crippen molar-refractivity contribution < 1.29 is 9.59 Å². The summed E-state index contributed by atoms with van der Waals surface area (Å²) in [5.74, 6) is -0.230. The van der Waals surface area contributed by atoms with Gasteiger partial charge < -0.3 is 16.4 Å². The van der Waals surface area contributed by atoms with Crippen molar-refractivity contribution in [1.82, 2.24) is 14.7 Å². The number of rotatable bonds is 4. The predicted octanol–water partition coefficient (Wildman–Crippen LogP) is 2.19. The van der Waals surface area contributed by atoms with Gasteiger partial charge in [-0.05, 0) is 49.3 Å². The Kier molecular flexibility index (Phi) is 5.13. The number of amides is 2. The van der Waals surface area contributed by atoms with E-state index in [0.717, 1.165) is 32.1 Å². The average molecular weight is 393 g/mol. The smallest absolute Gasteiger partial charge is 0.254 e. The van der Waals surface area contributed by atoms with E-state index in [9.17, 15) is 9.59 Å². The molecule has 0 unspecified atom stereocenters. The van der Waals surface area contributed by atoms with Gasteiger partial charge in [-0.3, -0.25) is 9.59 Å². The highest BCUT2D eigenvalue weighted by atomic mass is 16.2. The lowest BCUT2D eigenvalue weighted by Crippen LogP contribution is -2.40. The van der Waals surface area contributed by atoms with Crippen molar-refractivity contribution >= 4 is 17.6 Å². The number of hydrogen-bond donors (Lipinski definition) is 2. The standard InChI is InChI=1S/C22H27N5O2/c1-2-18(28)26-11-5-8-17(13-26)27-21(23)19(22(24)29)20(25-27)16-10-9-14-6-3-4-7-15(14)12-16/h2-4,6-7,16-17H,1,5,8-13,23H2,(H2,24,29)/t16-,17-/m1/s1. The van der Waals surface area contributed by atoms with Gasteiger partial charge in [0.05, 0.1) is 11.7 Å². The van der Waals surface area contributed by atoms with Crippen molar-refractivity contribution in [3.8, 4) is 0 Å². The molecule has 2 atom stereocenters. The zero-order valence-corrected chi connectivity index (χ0v) is 16.5. The summed E-state index contributed by atoms with van der Waals surface area (Å²) in [5.41, 5.74) is 15.7. The first-order valence-electron chi connectivity index (χ1n) is 10.2. The second-order valence-electron chi connectivity index (χ2n) is 7.95. The molecule has 4 N–H and O–H groups in total. The number of aryl methyl sites for hydroxylation is 1. The van der Waals surface area contributed by atoms with E-state index in [2.05, 4.69) is 24.8 Å². The zero-order chi connectivity index (χ0) is 20.5. The van der Waals surface area contributed by atoms with Crippen LogP contribution in [0.3, 0.4) is 0 Å². The number of likely N-dealkylation sites (tertiary alicyclic amines) is 1. The van der Waals surface area contributed by atoms with Gasteiger partial charge in [0.15, 0.2) is 0 Å². The van der Waals surface area contributed by atoms with Crippen LogP contribution in [-0.2, 0) is 17.6 Å². The third-order valence-electron chi connectivity index (χ3n) is 6.18. The van der Waals surface area contributed by atoms with Crippen molar-refractivity contribution in [1.29, 1.82) is 0 Å². The van der Waals surface area contributed by atoms with Gasteiger partial charge in [0.2, 0.25) is 5.91 Å². The van der Waals surface area contributed by atoms with Crippen molar-refractivity contribution in [3.05, 3.63) is 59.3 Å². The summed E-state index contributed by atoms with van der Waals surface area (Å²) in [6, 6.07) is 8.30. The van der Waals surface area contributed by atoms with Gasteiger partial charge in [-0.1, -0.05) is 30.8 Å². The number of nitrogen functional groups attached to an aromatic ring is 1. The Morgan fingerprint density at radius 2 is 1.97 bits per heavy atom. The number of nitrogens with two attached hydrogens (primary N) is 2. The highest BCUT2D eigenvalue weighted by Crippen LogP contribution is 2.36. The molecule has 4 rings (SSSR count). The number of nitrogens with zero attached hydrogens (tertiary/aromatic N) is 3. The highest BCUT2D eigenvalue weighted by molar-refractivity contribution is 5.98. The third-order valence-corrected chi connectivity index (χ3v) is 6.18. The molecule has 1 aliphatic heterocycles. The summed E-state index contributed by atoms with van der Waals surface area (Å²) in [5, 5.41) is 4.80. The molecule has 0 spiro atoms. The number of anilines is 1. The zero-order valence-electron chi connectivity index (χ0n) is 16.5. The van der Waals surface area contributed by atoms with Crippen molar-refractivity contribution in [2.24, 2.45) is 5.73 Å². The molecule has 1 aliphatic carbocycles. The number of carbonyl (C=O) groups is 2. The molecule has 2 aliphatic rings. The summed E-state index contributed by atoms with van der Waals surface area (Å²) in [7, 11) is 0. The van der Waals surface area contributed by atoms with Crippen LogP contribution in [0.15, 0.2) is 36.9 Å². The van der Waals surface area contributed by atoms with Gasteiger partial charge in [0, 0.05) is 19.0 Å². The number of fused-ring (bicyclic) bond motifs is 1. The molecule has 0 saturated carbocycles. The van der Waals surface area contributed by atoms with E-state index >= 15 is 0 Å². The summed E-state index contributed by atoms with van der Waals surface area (Å²) in [4.78, 5) is 26.1. The molecule has 7 heteroatoms. The first-order chi connectivity index (χ1) is 14.0. The molecule has 1 aromatic carbocycles. The molecule has 0 radical (unpaired) electrons. The Morgan fingerprint density at radius 3 is 2.69 bits per heavy atom. The largest absolute Gasteiger partial charge is 0.383 e. The number of benzene rings is 1. The molecule has 2 amide bonds. The molecular formula is C22H27N5O2. The normalized spacial score (nSPS) is 21.4. The Balaban J connectivity index is 1.67. The molecule has 1 aromatic heterocycles. The summed E-state index contributed by atoms with van der Waals surface area (Å²) in [6.45, 7) is 4.77. The maximum atomic E-state index is 12.3. The summed E-state index contributed by atoms with van der Waals surface area (Å²) >= 11 is 0. The Bertz CT molecular complexity index is 964. The molecule has 1 saturated heterocycles. The quantitative estimate of drug-likeness (QED) is 0.776. The fourth-order valence-electron chi connectivity index (χ4n) is 4.70. The first kappa shape index (κ1) is 19.2. The van der Waals surface area contributed by atoms with E-state index in [1.807, 2.05) is 6.07 Å². The van der Waals surface area contributed by atoms with Gasteiger partial charge in [-0.2, -0.15) is 5.10 Å². The van der Waals surface area contributed by atoms with E-state index in [0.29, 0.717) is 30.2 Å². The number of carbonyl (C=O) groups excluding carboxylic acids is 2. The van der Waals surface area contributed by atoms with Crippen LogP contribution < -0.4 is 11.5 Å². The third kappa shape index (κ3) is 3.52. The molecule has 2 heterocycles. The number of primary amides is 1. The van der Waals surface area contributed by atoms with Crippen molar-refractivity contribution in [3.63, 3.8) is 0 Å². The lowest BCUT2D eigenvalue weighted by molar-refractivity contribution is -0.127. The van der Waals surface area contributed by atoms with E-state index in [-0.39, 0.29) is 17.9 Å². The highest BCUT2D eigenvalue weighted by Gasteiger charge is 2.32. The average Bonchev–Trinajstić information content (AvgIpc) is 3.10. The van der Waals surface area contributed by atoms with Crippen LogP contribution in [0, 0.1) is 0 Å². The van der Waals surface area contributed by atoms with Crippen LogP contribution in [0.1, 0.15) is 58.4 Å². The second kappa shape index (κ2) is 7.73. The van der Waals surface area contributed by atoms with Crippen molar-refractivity contribution in [2.75, 3.05) is 18.8 Å². The lowest BCUT2D eigenvalue weighted by Gasteiger charge is -2.32. The van der Waals surface area contributed by atoms with Crippen LogP contribution in [0.4, 0.5) is 5.82 Å². The first-order valence-corrected chi connectivity index (χ1v) is 10.2. The molecule has 2 aromatic rings. The predicted molar refractivity (Wildman–Crippen MR) is 111 cm³/mol. The monoisotopic (exact) mass is 393 g/mol. The molecule has 152 valence electrons. The van der Waals surface area contributed by atoms with E-state index in [1.165, 1.54) is 17.2 Å². The van der Waals surface area contributed by atoms with E-state index < -0.39 is 5.91 Å². The van der Waals surface area contributed by atoms with Crippen LogP contribution >= 0.6 is 0 Å². The number of piperidine rings is 1. The van der Waals surface area contributed by atoms with Crippen LogP contribution in [-0.4, -0.2) is 39.6 Å². The van der Waals surface area contributed by atoms with Crippen LogP contribution in [0.5, 0.6) is 0 Å². The van der Waals surface area contributed by atoms with E-state index in [1.54, 1.807) is 9.58 Å². The van der Waals surface area contributed by atoms with Crippen molar-refractivity contribution in [2.45, 2.75) is 44.1 Å². The number of aromatic nitrogens is 2. The minimum atomic E-state index is -0.544. The van der Waals surface area contributed by atoms with Gasteiger partial charge in [0.1, 0.15) is 11.4 Å². The van der Waals surface area contributed by atoms with E-state index in [4.69, 9.17) is 16.6 Å². The summed E-state index contributed by atoms with van der Waals surface area (Å²) in [6.07, 6.45) is 5.68. The Labute approximate surface area is 170 Å². The Morgan fingerprint density at radius 1 is 1.21 bits per heavy atom. The number of hydrogen-bond acceptors (Lipinski definition) is 4. The Hall–Kier alpha value is -3.09. The maximum Gasteiger partial charge on any atom is 0.254 e. The van der Waals surface area contributed by atoms with Gasteiger partial charge in [0.25, 0.3) is 5.91 Å². The fraction of sp³-hybridized carbons (Fsp3) is 0.409. The fourth-order valence-corrected chi connectivity index (χ4v) is 4.70. The molecule has 7 nitrogen and oxygen atoms in total. The lowest BCUT2D eigenvalue weighted by atomic mass is 9.81. The van der Waals surface area contributed by atoms with Crippen LogP contribution in [0.2, 0.25) is 0 Å². The maximum absolute atomic E-state index is 12.3. The molecular weight excluding hydrogens is 366 g/mol. The topological polar surface area (TPSA) is 107 Å². The minimum absolute atomic E-state index is 0.0737. The molecule has 1 fully saturated rings. The minimum Gasteiger partial charge on any atom is -0.383 e.